The zero-order valence-electron chi connectivity index (χ0n) is 21.6. The molecule has 2 aliphatic heterocycles. The SMILES string of the molecule is C=CCN1CC[C@@]23C4C5=C(O)C=CC4CC1[C@]2(O)Cc1c([nH]c2ccccc12)[C@]3(Cc1ccccc1Cl)O5.Cl. The number of allylic oxidation sites excluding steroid dienone is 3. The molecule has 2 saturated heterocycles. The van der Waals surface area contributed by atoms with Gasteiger partial charge in [0.1, 0.15) is 5.76 Å². The number of aliphatic hydroxyl groups is 2. The number of H-pyrrole nitrogens is 1. The fourth-order valence-electron chi connectivity index (χ4n) is 9.21. The van der Waals surface area contributed by atoms with E-state index in [-0.39, 0.29) is 36.0 Å². The molecule has 3 aliphatic carbocycles. The van der Waals surface area contributed by atoms with Gasteiger partial charge in [-0.3, -0.25) is 4.90 Å². The van der Waals surface area contributed by atoms with E-state index in [0.717, 1.165) is 53.7 Å². The Morgan fingerprint density at radius 3 is 2.79 bits per heavy atom. The van der Waals surface area contributed by atoms with Gasteiger partial charge in [-0.15, -0.1) is 19.0 Å². The number of halogens is 2. The van der Waals surface area contributed by atoms with E-state index in [2.05, 4.69) is 46.8 Å². The highest BCUT2D eigenvalue weighted by Gasteiger charge is 2.82. The van der Waals surface area contributed by atoms with Gasteiger partial charge in [0.05, 0.1) is 16.7 Å². The number of aromatic amines is 1. The summed E-state index contributed by atoms with van der Waals surface area (Å²) in [7, 11) is 0. The molecule has 3 fully saturated rings. The Bertz CT molecular complexity index is 1580. The molecule has 1 aromatic heterocycles. The number of likely N-dealkylation sites (tertiary alicyclic amines) is 1. The molecular weight excluding hydrogens is 531 g/mol. The Balaban J connectivity index is 0.00000253. The molecular formula is C32H32Cl2N2O3. The summed E-state index contributed by atoms with van der Waals surface area (Å²) < 4.78 is 7.19. The molecule has 3 aromatic rings. The number of nitrogens with zero attached hydrogens (tertiary/aromatic N) is 1. The number of rotatable bonds is 4. The topological polar surface area (TPSA) is 68.7 Å². The minimum absolute atomic E-state index is 0. The van der Waals surface area contributed by atoms with Crippen LogP contribution in [0.3, 0.4) is 0 Å². The molecule has 3 N–H and O–H groups in total. The molecule has 0 radical (unpaired) electrons. The lowest BCUT2D eigenvalue weighted by Crippen LogP contribution is -2.78. The average molecular weight is 564 g/mol. The van der Waals surface area contributed by atoms with E-state index >= 15 is 0 Å². The van der Waals surface area contributed by atoms with Crippen molar-refractivity contribution in [1.82, 2.24) is 9.88 Å². The molecule has 2 bridgehead atoms. The number of aliphatic hydroxyl groups excluding tert-OH is 1. The summed E-state index contributed by atoms with van der Waals surface area (Å²) in [5.74, 6) is 0.866. The van der Waals surface area contributed by atoms with Crippen molar-refractivity contribution in [2.45, 2.75) is 42.9 Å². The van der Waals surface area contributed by atoms with Crippen molar-refractivity contribution in [3.8, 4) is 0 Å². The van der Waals surface area contributed by atoms with Crippen molar-refractivity contribution in [3.63, 3.8) is 0 Å². The third kappa shape index (κ3) is 2.89. The van der Waals surface area contributed by atoms with Gasteiger partial charge >= 0.3 is 0 Å². The van der Waals surface area contributed by atoms with Crippen LogP contribution in [0.1, 0.15) is 29.7 Å². The van der Waals surface area contributed by atoms with Crippen molar-refractivity contribution in [3.05, 3.63) is 107 Å². The van der Waals surface area contributed by atoms with E-state index in [9.17, 15) is 10.2 Å². The zero-order chi connectivity index (χ0) is 25.9. The van der Waals surface area contributed by atoms with E-state index in [0.29, 0.717) is 23.6 Å². The van der Waals surface area contributed by atoms with Gasteiger partial charge in [0.2, 0.25) is 0 Å². The second kappa shape index (κ2) is 8.40. The number of ether oxygens (including phenoxy) is 1. The normalized spacial score (nSPS) is 35.7. The van der Waals surface area contributed by atoms with Crippen LogP contribution in [0.25, 0.3) is 10.9 Å². The first-order chi connectivity index (χ1) is 18.4. The molecule has 0 amide bonds. The number of hydrogen-bond acceptors (Lipinski definition) is 4. The maximum Gasteiger partial charge on any atom is 0.162 e. The molecule has 202 valence electrons. The Morgan fingerprint density at radius 1 is 1.18 bits per heavy atom. The van der Waals surface area contributed by atoms with Gasteiger partial charge in [0, 0.05) is 47.3 Å². The molecule has 39 heavy (non-hydrogen) atoms. The van der Waals surface area contributed by atoms with Crippen molar-refractivity contribution >= 4 is 34.9 Å². The number of benzene rings is 2. The second-order valence-electron chi connectivity index (χ2n) is 11.8. The van der Waals surface area contributed by atoms with Crippen LogP contribution in [0.4, 0.5) is 0 Å². The number of para-hydroxylation sites is 1. The molecule has 5 nitrogen and oxygen atoms in total. The van der Waals surface area contributed by atoms with Gasteiger partial charge in [-0.05, 0) is 54.6 Å². The minimum atomic E-state index is -1.07. The van der Waals surface area contributed by atoms with E-state index in [1.165, 1.54) is 0 Å². The third-order valence-corrected chi connectivity index (χ3v) is 10.8. The highest BCUT2D eigenvalue weighted by atomic mass is 35.5. The quantitative estimate of drug-likeness (QED) is 0.330. The summed E-state index contributed by atoms with van der Waals surface area (Å²) in [4.78, 5) is 6.19. The largest absolute Gasteiger partial charge is 0.504 e. The van der Waals surface area contributed by atoms with Gasteiger partial charge in [-0.1, -0.05) is 60.2 Å². The maximum absolute atomic E-state index is 13.3. The Kier molecular flexibility index (Phi) is 5.45. The number of aromatic nitrogens is 1. The van der Waals surface area contributed by atoms with E-state index in [1.54, 1.807) is 6.08 Å². The predicted molar refractivity (Wildman–Crippen MR) is 155 cm³/mol. The molecule has 5 aliphatic rings. The highest BCUT2D eigenvalue weighted by molar-refractivity contribution is 6.31. The zero-order valence-corrected chi connectivity index (χ0v) is 23.1. The van der Waals surface area contributed by atoms with Crippen LogP contribution in [-0.4, -0.2) is 44.8 Å². The summed E-state index contributed by atoms with van der Waals surface area (Å²) >= 11 is 6.81. The Labute approximate surface area is 239 Å². The summed E-state index contributed by atoms with van der Waals surface area (Å²) in [6.45, 7) is 5.60. The molecule has 1 spiro atoms. The lowest BCUT2D eigenvalue weighted by molar-refractivity contribution is -0.269. The summed E-state index contributed by atoms with van der Waals surface area (Å²) in [6, 6.07) is 16.2. The van der Waals surface area contributed by atoms with Crippen LogP contribution in [0.15, 0.2) is 84.9 Å². The van der Waals surface area contributed by atoms with Crippen LogP contribution >= 0.6 is 24.0 Å². The van der Waals surface area contributed by atoms with Gasteiger partial charge in [0.25, 0.3) is 0 Å². The van der Waals surface area contributed by atoms with Gasteiger partial charge in [-0.2, -0.15) is 0 Å². The van der Waals surface area contributed by atoms with Crippen LogP contribution < -0.4 is 0 Å². The number of nitrogens with one attached hydrogen (secondary N) is 1. The first-order valence-corrected chi connectivity index (χ1v) is 14.0. The molecule has 7 heteroatoms. The number of hydrogen-bond donors (Lipinski definition) is 3. The average Bonchev–Trinajstić information content (AvgIpc) is 3.42. The van der Waals surface area contributed by atoms with Crippen LogP contribution in [0.5, 0.6) is 0 Å². The van der Waals surface area contributed by atoms with E-state index in [1.807, 2.05) is 30.3 Å². The Morgan fingerprint density at radius 2 is 1.97 bits per heavy atom. The monoisotopic (exact) mass is 562 g/mol. The third-order valence-electron chi connectivity index (χ3n) is 10.5. The van der Waals surface area contributed by atoms with Crippen molar-refractivity contribution in [1.29, 1.82) is 0 Å². The Hall–Kier alpha value is -2.70. The summed E-state index contributed by atoms with van der Waals surface area (Å²) in [5, 5.41) is 26.3. The molecule has 3 unspecified atom stereocenters. The second-order valence-corrected chi connectivity index (χ2v) is 12.2. The van der Waals surface area contributed by atoms with Crippen molar-refractivity contribution < 1.29 is 14.9 Å². The first kappa shape index (κ1) is 25.3. The fraction of sp³-hybridized carbons (Fsp3) is 0.375. The molecule has 1 saturated carbocycles. The predicted octanol–water partition coefficient (Wildman–Crippen LogP) is 6.22. The van der Waals surface area contributed by atoms with Gasteiger partial charge in [-0.25, -0.2) is 0 Å². The van der Waals surface area contributed by atoms with Crippen molar-refractivity contribution in [2.75, 3.05) is 13.1 Å². The minimum Gasteiger partial charge on any atom is -0.504 e. The van der Waals surface area contributed by atoms with E-state index < -0.39 is 16.6 Å². The molecule has 3 heterocycles. The van der Waals surface area contributed by atoms with Crippen molar-refractivity contribution in [2.24, 2.45) is 17.3 Å². The molecule has 8 rings (SSSR count). The number of piperidine rings is 1. The molecule has 2 aromatic carbocycles. The fourth-order valence-corrected chi connectivity index (χ4v) is 9.41. The lowest BCUT2D eigenvalue weighted by Gasteiger charge is -2.68. The smallest absolute Gasteiger partial charge is 0.162 e. The van der Waals surface area contributed by atoms with Gasteiger partial charge in [0.15, 0.2) is 11.4 Å². The highest BCUT2D eigenvalue weighted by Crippen LogP contribution is 2.76. The summed E-state index contributed by atoms with van der Waals surface area (Å²) in [6.07, 6.45) is 8.50. The van der Waals surface area contributed by atoms with Crippen LogP contribution in [0.2, 0.25) is 5.02 Å². The first-order valence-electron chi connectivity index (χ1n) is 13.6. The number of fused-ring (bicyclic) bond motifs is 4. The molecule has 6 atom stereocenters. The van der Waals surface area contributed by atoms with Gasteiger partial charge < -0.3 is 19.9 Å². The standard InChI is InChI=1S/C32H31ClN2O3.ClH/c1-2-14-35-15-13-30-27-19-11-12-25(36)28(27)38-32(30,17-20-7-3-5-9-23(20)33)29-22(18-31(30,37)26(35)16-19)21-8-4-6-10-24(21)34-29;/h2-12,19,26-27,34,36-37H,1,13-18H2;1H/t19?,26?,27?,30-,31-,32+;/m1./s1. The lowest BCUT2D eigenvalue weighted by atomic mass is 9.40. The van der Waals surface area contributed by atoms with Crippen LogP contribution in [-0.2, 0) is 23.2 Å². The maximum atomic E-state index is 13.3. The van der Waals surface area contributed by atoms with Crippen LogP contribution in [0, 0.1) is 17.3 Å². The summed E-state index contributed by atoms with van der Waals surface area (Å²) in [5.41, 5.74) is 1.52. The van der Waals surface area contributed by atoms with E-state index in [4.69, 9.17) is 16.3 Å².